The molecule has 7 heteroatoms. The van der Waals surface area contributed by atoms with Crippen LogP contribution in [0.15, 0.2) is 48.0 Å². The number of halogens is 1. The van der Waals surface area contributed by atoms with Gasteiger partial charge in [0, 0.05) is 41.2 Å². The van der Waals surface area contributed by atoms with Gasteiger partial charge < -0.3 is 15.2 Å². The summed E-state index contributed by atoms with van der Waals surface area (Å²) in [6.07, 6.45) is 0.953. The number of hydrogen-bond acceptors (Lipinski definition) is 6. The predicted octanol–water partition coefficient (Wildman–Crippen LogP) is 4.86. The molecule has 1 aromatic carbocycles. The molecule has 5 nitrogen and oxygen atoms in total. The monoisotopic (exact) mass is 431 g/mol. The molecule has 0 saturated carbocycles. The summed E-state index contributed by atoms with van der Waals surface area (Å²) in [5.74, 6) is 0.810. The maximum Gasteiger partial charge on any atom is 0.129 e. The first-order chi connectivity index (χ1) is 13.8. The topological polar surface area (TPSA) is 67.3 Å². The first-order valence-electron chi connectivity index (χ1n) is 9.52. The zero-order valence-corrected chi connectivity index (χ0v) is 18.4. The number of rotatable bonds is 8. The molecule has 154 valence electrons. The largest absolute Gasteiger partial charge is 0.492 e. The highest BCUT2D eigenvalue weighted by molar-refractivity contribution is 7.10. The van der Waals surface area contributed by atoms with E-state index < -0.39 is 6.10 Å². The highest BCUT2D eigenvalue weighted by Gasteiger charge is 2.18. The zero-order chi connectivity index (χ0) is 20.9. The number of aliphatic hydroxyl groups is 1. The fourth-order valence-electron chi connectivity index (χ4n) is 2.65. The van der Waals surface area contributed by atoms with Gasteiger partial charge in [-0.2, -0.15) is 0 Å². The van der Waals surface area contributed by atoms with Gasteiger partial charge in [0.1, 0.15) is 17.5 Å². The van der Waals surface area contributed by atoms with E-state index in [0.717, 1.165) is 27.6 Å². The molecular formula is C22H26ClN3O2S. The fraction of sp³-hybridized carbons (Fsp3) is 0.364. The Morgan fingerprint density at radius 1 is 1.17 bits per heavy atom. The minimum Gasteiger partial charge on any atom is -0.492 e. The van der Waals surface area contributed by atoms with E-state index in [-0.39, 0.29) is 5.41 Å². The Morgan fingerprint density at radius 2 is 1.93 bits per heavy atom. The van der Waals surface area contributed by atoms with Gasteiger partial charge in [-0.05, 0) is 30.3 Å². The van der Waals surface area contributed by atoms with Crippen molar-refractivity contribution in [1.82, 2.24) is 15.3 Å². The van der Waals surface area contributed by atoms with Crippen LogP contribution >= 0.6 is 22.9 Å². The van der Waals surface area contributed by atoms with Gasteiger partial charge in [-0.25, -0.2) is 9.97 Å². The normalized spacial score (nSPS) is 12.7. The highest BCUT2D eigenvalue weighted by Crippen LogP contribution is 2.30. The van der Waals surface area contributed by atoms with Gasteiger partial charge in [-0.1, -0.05) is 38.4 Å². The number of benzene rings is 1. The first-order valence-corrected chi connectivity index (χ1v) is 10.8. The molecule has 1 atom stereocenters. The third kappa shape index (κ3) is 6.24. The van der Waals surface area contributed by atoms with Crippen molar-refractivity contribution in [2.24, 2.45) is 0 Å². The Labute approximate surface area is 180 Å². The molecular weight excluding hydrogens is 406 g/mol. The van der Waals surface area contributed by atoms with Crippen molar-refractivity contribution in [3.63, 3.8) is 0 Å². The van der Waals surface area contributed by atoms with Crippen LogP contribution in [0, 0.1) is 0 Å². The molecule has 2 N–H and O–H groups in total. The van der Waals surface area contributed by atoms with Gasteiger partial charge in [0.15, 0.2) is 0 Å². The molecule has 0 aliphatic heterocycles. The molecule has 3 rings (SSSR count). The second-order valence-electron chi connectivity index (χ2n) is 7.79. The van der Waals surface area contributed by atoms with Crippen LogP contribution in [-0.2, 0) is 5.41 Å². The zero-order valence-electron chi connectivity index (χ0n) is 16.9. The molecule has 2 aromatic heterocycles. The Bertz CT molecular complexity index is 905. The highest BCUT2D eigenvalue weighted by atomic mass is 35.5. The lowest BCUT2D eigenvalue weighted by atomic mass is 9.98. The molecule has 0 radical (unpaired) electrons. The molecule has 0 spiro atoms. The maximum atomic E-state index is 10.1. The Hall–Kier alpha value is -1.99. The van der Waals surface area contributed by atoms with E-state index in [0.29, 0.717) is 24.8 Å². The molecule has 0 aliphatic rings. The summed E-state index contributed by atoms with van der Waals surface area (Å²) in [6, 6.07) is 11.4. The number of nitrogens with zero attached hydrogens (tertiary/aromatic N) is 2. The lowest BCUT2D eigenvalue weighted by Gasteiger charge is -2.13. The maximum absolute atomic E-state index is 10.1. The SMILES string of the molecule is CC(C)(C)c1nc(-c2ccc(OCCNC[C@H](O)c3ccc(Cl)nc3)cc2)cs1. The van der Waals surface area contributed by atoms with Crippen molar-refractivity contribution < 1.29 is 9.84 Å². The summed E-state index contributed by atoms with van der Waals surface area (Å²) in [7, 11) is 0. The van der Waals surface area contributed by atoms with Crippen molar-refractivity contribution >= 4 is 22.9 Å². The van der Waals surface area contributed by atoms with E-state index in [4.69, 9.17) is 21.3 Å². The van der Waals surface area contributed by atoms with Gasteiger partial charge >= 0.3 is 0 Å². The van der Waals surface area contributed by atoms with E-state index in [1.54, 1.807) is 29.7 Å². The van der Waals surface area contributed by atoms with E-state index in [1.165, 1.54) is 0 Å². The number of aliphatic hydroxyl groups excluding tert-OH is 1. The molecule has 0 saturated heterocycles. The first kappa shape index (κ1) is 21.7. The van der Waals surface area contributed by atoms with Crippen LogP contribution in [0.2, 0.25) is 5.15 Å². The second kappa shape index (κ2) is 9.67. The third-order valence-electron chi connectivity index (χ3n) is 4.32. The van der Waals surface area contributed by atoms with Crippen LogP contribution in [-0.4, -0.2) is 34.8 Å². The lowest BCUT2D eigenvalue weighted by molar-refractivity contribution is 0.171. The van der Waals surface area contributed by atoms with Crippen molar-refractivity contribution in [3.8, 4) is 17.0 Å². The standard InChI is InChI=1S/C22H26ClN3O2S/c1-22(2,3)21-26-18(14-29-21)15-4-7-17(8-5-15)28-11-10-24-13-19(27)16-6-9-20(23)25-12-16/h4-9,12,14,19,24,27H,10-11,13H2,1-3H3/t19-/m0/s1. The van der Waals surface area contributed by atoms with E-state index in [9.17, 15) is 5.11 Å². The van der Waals surface area contributed by atoms with Crippen LogP contribution in [0.25, 0.3) is 11.3 Å². The minimum absolute atomic E-state index is 0.0661. The summed E-state index contributed by atoms with van der Waals surface area (Å²) >= 11 is 7.45. The Balaban J connectivity index is 1.42. The molecule has 0 amide bonds. The minimum atomic E-state index is -0.629. The number of thiazole rings is 1. The number of pyridine rings is 1. The summed E-state index contributed by atoms with van der Waals surface area (Å²) in [5.41, 5.74) is 2.88. The van der Waals surface area contributed by atoms with Crippen LogP contribution in [0.1, 0.15) is 37.4 Å². The number of aromatic nitrogens is 2. The van der Waals surface area contributed by atoms with Crippen molar-refractivity contribution in [2.75, 3.05) is 19.7 Å². The van der Waals surface area contributed by atoms with Gasteiger partial charge in [-0.3, -0.25) is 0 Å². The molecule has 0 bridgehead atoms. The van der Waals surface area contributed by atoms with Gasteiger partial charge in [0.25, 0.3) is 0 Å². The Morgan fingerprint density at radius 3 is 2.55 bits per heavy atom. The van der Waals surface area contributed by atoms with Crippen LogP contribution < -0.4 is 10.1 Å². The van der Waals surface area contributed by atoms with Crippen molar-refractivity contribution in [2.45, 2.75) is 32.3 Å². The molecule has 3 aromatic rings. The number of nitrogens with one attached hydrogen (secondary N) is 1. The van der Waals surface area contributed by atoms with Crippen molar-refractivity contribution in [1.29, 1.82) is 0 Å². The smallest absolute Gasteiger partial charge is 0.129 e. The van der Waals surface area contributed by atoms with E-state index >= 15 is 0 Å². The Kier molecular flexibility index (Phi) is 7.24. The van der Waals surface area contributed by atoms with E-state index in [1.807, 2.05) is 24.3 Å². The van der Waals surface area contributed by atoms with Crippen molar-refractivity contribution in [3.05, 3.63) is 63.7 Å². The molecule has 29 heavy (non-hydrogen) atoms. The summed E-state index contributed by atoms with van der Waals surface area (Å²) in [4.78, 5) is 8.72. The summed E-state index contributed by atoms with van der Waals surface area (Å²) in [5, 5.41) is 17.0. The van der Waals surface area contributed by atoms with Gasteiger partial charge in [0.05, 0.1) is 16.8 Å². The number of hydrogen-bond donors (Lipinski definition) is 2. The molecule has 0 aliphatic carbocycles. The average molecular weight is 432 g/mol. The quantitative estimate of drug-likeness (QED) is 0.394. The van der Waals surface area contributed by atoms with Crippen LogP contribution in [0.3, 0.4) is 0 Å². The fourth-order valence-corrected chi connectivity index (χ4v) is 3.68. The third-order valence-corrected chi connectivity index (χ3v) is 5.81. The summed E-state index contributed by atoms with van der Waals surface area (Å²) in [6.45, 7) is 8.08. The van der Waals surface area contributed by atoms with Crippen LogP contribution in [0.4, 0.5) is 0 Å². The predicted molar refractivity (Wildman–Crippen MR) is 119 cm³/mol. The van der Waals surface area contributed by atoms with Crippen LogP contribution in [0.5, 0.6) is 5.75 Å². The second-order valence-corrected chi connectivity index (χ2v) is 9.04. The molecule has 0 fully saturated rings. The molecule has 0 unspecified atom stereocenters. The van der Waals surface area contributed by atoms with E-state index in [2.05, 4.69) is 36.5 Å². The molecule has 2 heterocycles. The summed E-state index contributed by atoms with van der Waals surface area (Å²) < 4.78 is 5.77. The van der Waals surface area contributed by atoms with Gasteiger partial charge in [0.2, 0.25) is 0 Å². The average Bonchev–Trinajstić information content (AvgIpc) is 3.19. The number of ether oxygens (including phenoxy) is 1. The van der Waals surface area contributed by atoms with Gasteiger partial charge in [-0.15, -0.1) is 11.3 Å². The lowest BCUT2D eigenvalue weighted by Crippen LogP contribution is -2.26.